The van der Waals surface area contributed by atoms with E-state index in [1.165, 1.54) is 36.6 Å². The van der Waals surface area contributed by atoms with E-state index >= 15 is 0 Å². The van der Waals surface area contributed by atoms with Crippen molar-refractivity contribution in [2.75, 3.05) is 5.33 Å². The van der Waals surface area contributed by atoms with Gasteiger partial charge in [-0.25, -0.2) is 0 Å². The normalized spacial score (nSPS) is 22.6. The average Bonchev–Trinajstić information content (AvgIpc) is 1.90. The number of alkyl halides is 1. The number of halogens is 1. The van der Waals surface area contributed by atoms with E-state index in [0.29, 0.717) is 0 Å². The summed E-state index contributed by atoms with van der Waals surface area (Å²) >= 11 is 3.50. The molecule has 0 aromatic carbocycles. The molecule has 0 aromatic rings. The first-order valence-electron chi connectivity index (χ1n) is 3.55. The van der Waals surface area contributed by atoms with Gasteiger partial charge in [-0.2, -0.15) is 0 Å². The van der Waals surface area contributed by atoms with Crippen molar-refractivity contribution in [2.24, 2.45) is 5.92 Å². The first-order valence-corrected chi connectivity index (χ1v) is 4.67. The Kier molecular flexibility index (Phi) is 2.77. The summed E-state index contributed by atoms with van der Waals surface area (Å²) in [5.74, 6) is 0.926. The third kappa shape index (κ3) is 2.13. The second-order valence-electron chi connectivity index (χ2n) is 2.85. The van der Waals surface area contributed by atoms with E-state index in [-0.39, 0.29) is 0 Å². The van der Waals surface area contributed by atoms with Crippen molar-refractivity contribution in [1.29, 1.82) is 0 Å². The molecule has 1 aliphatic rings. The minimum Gasteiger partial charge on any atom is -0.0999 e. The molecule has 1 saturated carbocycles. The Morgan fingerprint density at radius 3 is 2.44 bits per heavy atom. The summed E-state index contributed by atoms with van der Waals surface area (Å²) in [6.45, 7) is 3.97. The van der Waals surface area contributed by atoms with Crippen LogP contribution in [0.3, 0.4) is 0 Å². The van der Waals surface area contributed by atoms with Gasteiger partial charge in [-0.15, -0.1) is 0 Å². The van der Waals surface area contributed by atoms with E-state index in [1.807, 2.05) is 0 Å². The summed E-state index contributed by atoms with van der Waals surface area (Å²) < 4.78 is 0. The van der Waals surface area contributed by atoms with Crippen molar-refractivity contribution in [3.05, 3.63) is 12.2 Å². The molecular formula is C8H13Br. The molecule has 0 aromatic heterocycles. The highest BCUT2D eigenvalue weighted by atomic mass is 79.9. The molecule has 1 aliphatic carbocycles. The first-order chi connectivity index (χ1) is 4.33. The molecule has 0 spiro atoms. The van der Waals surface area contributed by atoms with E-state index in [4.69, 9.17) is 0 Å². The third-order valence-corrected chi connectivity index (χ3v) is 2.95. The Hall–Kier alpha value is 0.220. The molecule has 0 heterocycles. The van der Waals surface area contributed by atoms with Crippen LogP contribution in [-0.2, 0) is 0 Å². The van der Waals surface area contributed by atoms with E-state index < -0.39 is 0 Å². The molecule has 0 saturated heterocycles. The molecule has 9 heavy (non-hydrogen) atoms. The van der Waals surface area contributed by atoms with Gasteiger partial charge in [0.15, 0.2) is 0 Å². The van der Waals surface area contributed by atoms with Crippen molar-refractivity contribution in [2.45, 2.75) is 25.7 Å². The Morgan fingerprint density at radius 1 is 1.44 bits per heavy atom. The highest BCUT2D eigenvalue weighted by Gasteiger charge is 2.13. The smallest absolute Gasteiger partial charge is 0.00598 e. The zero-order chi connectivity index (χ0) is 6.69. The highest BCUT2D eigenvalue weighted by Crippen LogP contribution is 2.27. The predicted octanol–water partition coefficient (Wildman–Crippen LogP) is 3.13. The lowest BCUT2D eigenvalue weighted by Gasteiger charge is -2.20. The molecule has 1 heteroatoms. The van der Waals surface area contributed by atoms with Gasteiger partial charge >= 0.3 is 0 Å². The van der Waals surface area contributed by atoms with Crippen LogP contribution in [0.2, 0.25) is 0 Å². The number of hydrogen-bond acceptors (Lipinski definition) is 0. The van der Waals surface area contributed by atoms with Crippen LogP contribution < -0.4 is 0 Å². The van der Waals surface area contributed by atoms with Gasteiger partial charge < -0.3 is 0 Å². The second-order valence-corrected chi connectivity index (χ2v) is 3.50. The Labute approximate surface area is 65.5 Å². The van der Waals surface area contributed by atoms with Gasteiger partial charge in [0.25, 0.3) is 0 Å². The average molecular weight is 189 g/mol. The van der Waals surface area contributed by atoms with E-state index in [9.17, 15) is 0 Å². The summed E-state index contributed by atoms with van der Waals surface area (Å²) in [5, 5.41) is 1.18. The lowest BCUT2D eigenvalue weighted by molar-refractivity contribution is 0.454. The Morgan fingerprint density at radius 2 is 2.00 bits per heavy atom. The molecule has 52 valence electrons. The van der Waals surface area contributed by atoms with Crippen LogP contribution in [0.1, 0.15) is 25.7 Å². The summed E-state index contributed by atoms with van der Waals surface area (Å²) in [6.07, 6.45) is 5.22. The van der Waals surface area contributed by atoms with Crippen molar-refractivity contribution < 1.29 is 0 Å². The third-order valence-electron chi connectivity index (χ3n) is 2.03. The van der Waals surface area contributed by atoms with E-state index in [0.717, 1.165) is 5.92 Å². The molecule has 1 rings (SSSR count). The maximum Gasteiger partial charge on any atom is 0.00598 e. The molecule has 0 unspecified atom stereocenters. The van der Waals surface area contributed by atoms with Gasteiger partial charge in [0, 0.05) is 5.33 Å². The highest BCUT2D eigenvalue weighted by molar-refractivity contribution is 9.09. The Bertz CT molecular complexity index is 97.1. The quantitative estimate of drug-likeness (QED) is 0.439. The lowest BCUT2D eigenvalue weighted by atomic mass is 9.88. The fourth-order valence-electron chi connectivity index (χ4n) is 1.24. The largest absolute Gasteiger partial charge is 0.0999 e. The molecule has 0 radical (unpaired) electrons. The van der Waals surface area contributed by atoms with Crippen molar-refractivity contribution >= 4 is 15.9 Å². The number of allylic oxidation sites excluding steroid dienone is 1. The van der Waals surface area contributed by atoms with Crippen molar-refractivity contribution in [3.8, 4) is 0 Å². The number of rotatable bonds is 1. The van der Waals surface area contributed by atoms with E-state index in [1.54, 1.807) is 0 Å². The van der Waals surface area contributed by atoms with Gasteiger partial charge in [-0.1, -0.05) is 28.1 Å². The zero-order valence-electron chi connectivity index (χ0n) is 5.70. The summed E-state index contributed by atoms with van der Waals surface area (Å²) in [6, 6.07) is 0. The molecule has 0 atom stereocenters. The summed E-state index contributed by atoms with van der Waals surface area (Å²) in [5.41, 5.74) is 1.45. The zero-order valence-corrected chi connectivity index (χ0v) is 7.28. The predicted molar refractivity (Wildman–Crippen MR) is 44.9 cm³/mol. The molecule has 0 bridgehead atoms. The van der Waals surface area contributed by atoms with Crippen LogP contribution in [0.15, 0.2) is 12.2 Å². The van der Waals surface area contributed by atoms with Crippen LogP contribution in [0.4, 0.5) is 0 Å². The monoisotopic (exact) mass is 188 g/mol. The van der Waals surface area contributed by atoms with Crippen LogP contribution in [0.25, 0.3) is 0 Å². The van der Waals surface area contributed by atoms with Gasteiger partial charge in [-0.3, -0.25) is 0 Å². The van der Waals surface area contributed by atoms with Crippen LogP contribution in [-0.4, -0.2) is 5.33 Å². The van der Waals surface area contributed by atoms with Crippen LogP contribution >= 0.6 is 15.9 Å². The molecule has 0 aliphatic heterocycles. The van der Waals surface area contributed by atoms with Gasteiger partial charge in [0.2, 0.25) is 0 Å². The molecule has 0 N–H and O–H groups in total. The molecule has 1 fully saturated rings. The molecule has 0 amide bonds. The van der Waals surface area contributed by atoms with Gasteiger partial charge in [0.1, 0.15) is 0 Å². The fourth-order valence-corrected chi connectivity index (χ4v) is 1.89. The minimum atomic E-state index is 0.926. The Balaban J connectivity index is 2.26. The maximum atomic E-state index is 3.97. The second kappa shape index (κ2) is 3.40. The topological polar surface area (TPSA) is 0 Å². The standard InChI is InChI=1S/C8H13Br/c1-7-2-4-8(6-9)5-3-7/h8H,1-6H2. The maximum absolute atomic E-state index is 3.97. The number of hydrogen-bond donors (Lipinski definition) is 0. The summed E-state index contributed by atoms with van der Waals surface area (Å²) in [7, 11) is 0. The van der Waals surface area contributed by atoms with Crippen molar-refractivity contribution in [3.63, 3.8) is 0 Å². The van der Waals surface area contributed by atoms with Crippen LogP contribution in [0.5, 0.6) is 0 Å². The lowest BCUT2D eigenvalue weighted by Crippen LogP contribution is -2.08. The first kappa shape index (κ1) is 7.33. The molecule has 0 nitrogen and oxygen atoms in total. The summed E-state index contributed by atoms with van der Waals surface area (Å²) in [4.78, 5) is 0. The minimum absolute atomic E-state index is 0.926. The fraction of sp³-hybridized carbons (Fsp3) is 0.750. The van der Waals surface area contributed by atoms with Crippen molar-refractivity contribution in [1.82, 2.24) is 0 Å². The van der Waals surface area contributed by atoms with Crippen LogP contribution in [0, 0.1) is 5.92 Å². The van der Waals surface area contributed by atoms with Gasteiger partial charge in [0.05, 0.1) is 0 Å². The SMILES string of the molecule is C=C1CCC(CBr)CC1. The van der Waals surface area contributed by atoms with E-state index in [2.05, 4.69) is 22.5 Å². The van der Waals surface area contributed by atoms with Gasteiger partial charge in [-0.05, 0) is 31.6 Å². The molecular weight excluding hydrogens is 176 g/mol.